The van der Waals surface area contributed by atoms with Gasteiger partial charge in [-0.1, -0.05) is 13.1 Å². The predicted molar refractivity (Wildman–Crippen MR) is 122 cm³/mol. The van der Waals surface area contributed by atoms with Gasteiger partial charge in [0.05, 0.1) is 11.1 Å². The first-order chi connectivity index (χ1) is 15.3. The van der Waals surface area contributed by atoms with Gasteiger partial charge in [-0.15, -0.1) is 0 Å². The van der Waals surface area contributed by atoms with Gasteiger partial charge in [-0.05, 0) is 18.2 Å². The smallest absolute Gasteiger partial charge is 0.198 e. The molecule has 0 saturated carbocycles. The molecule has 0 atom stereocenters. The Labute approximate surface area is 186 Å². The number of nitrogen functional groups attached to an aromatic ring is 1. The lowest BCUT2D eigenvalue weighted by Gasteiger charge is -2.11. The molecule has 32 heavy (non-hydrogen) atoms. The number of fused-ring (bicyclic) bond motifs is 1. The standard InChI is InChI=1S/C22H25F2N5O2Si/c1-28-18(4-7-27-28)15-12-29(13-30-8-9-32(2)3)22-20(15)19(5-6-26-22)31-21-16(23)10-14(25)11-17(21)24/h4-7,10-12,32H,8-9,13,25H2,1-3H3. The maximum absolute atomic E-state index is 14.4. The summed E-state index contributed by atoms with van der Waals surface area (Å²) >= 11 is 0. The van der Waals surface area contributed by atoms with E-state index in [1.807, 2.05) is 23.9 Å². The van der Waals surface area contributed by atoms with Crippen LogP contribution in [0.15, 0.2) is 42.9 Å². The lowest BCUT2D eigenvalue weighted by molar-refractivity contribution is 0.0903. The fourth-order valence-electron chi connectivity index (χ4n) is 3.47. The Kier molecular flexibility index (Phi) is 6.24. The van der Waals surface area contributed by atoms with Crippen molar-refractivity contribution in [3.8, 4) is 22.8 Å². The van der Waals surface area contributed by atoms with Crippen LogP contribution in [0.1, 0.15) is 0 Å². The summed E-state index contributed by atoms with van der Waals surface area (Å²) in [6.45, 7) is 5.52. The van der Waals surface area contributed by atoms with Crippen molar-refractivity contribution >= 4 is 25.5 Å². The molecule has 4 aromatic rings. The zero-order valence-electron chi connectivity index (χ0n) is 18.2. The van der Waals surface area contributed by atoms with Crippen molar-refractivity contribution in [3.63, 3.8) is 0 Å². The fraction of sp³-hybridized carbons (Fsp3) is 0.273. The van der Waals surface area contributed by atoms with Gasteiger partial charge in [0.25, 0.3) is 0 Å². The maximum atomic E-state index is 14.4. The fourth-order valence-corrected chi connectivity index (χ4v) is 4.11. The first kappa shape index (κ1) is 22.0. The molecular weight excluding hydrogens is 432 g/mol. The van der Waals surface area contributed by atoms with Crippen molar-refractivity contribution in [2.45, 2.75) is 25.9 Å². The number of nitrogens with zero attached hydrogens (tertiary/aromatic N) is 4. The summed E-state index contributed by atoms with van der Waals surface area (Å²) in [4.78, 5) is 4.49. The van der Waals surface area contributed by atoms with Crippen LogP contribution in [0.2, 0.25) is 19.1 Å². The normalized spacial score (nSPS) is 11.6. The lowest BCUT2D eigenvalue weighted by Crippen LogP contribution is -2.08. The molecule has 0 radical (unpaired) electrons. The number of pyridine rings is 1. The second-order valence-electron chi connectivity index (χ2n) is 8.00. The van der Waals surface area contributed by atoms with Crippen LogP contribution >= 0.6 is 0 Å². The third kappa shape index (κ3) is 4.37. The van der Waals surface area contributed by atoms with Gasteiger partial charge < -0.3 is 19.8 Å². The van der Waals surface area contributed by atoms with Crippen molar-refractivity contribution in [2.75, 3.05) is 12.3 Å². The number of hydrogen-bond donors (Lipinski definition) is 1. The molecule has 1 aromatic carbocycles. The number of halogens is 2. The predicted octanol–water partition coefficient (Wildman–Crippen LogP) is 4.55. The molecule has 7 nitrogen and oxygen atoms in total. The molecule has 0 unspecified atom stereocenters. The van der Waals surface area contributed by atoms with Crippen LogP contribution in [0, 0.1) is 11.6 Å². The minimum Gasteiger partial charge on any atom is -0.450 e. The quantitative estimate of drug-likeness (QED) is 0.239. The highest BCUT2D eigenvalue weighted by Crippen LogP contribution is 2.39. The molecule has 3 heterocycles. The van der Waals surface area contributed by atoms with E-state index >= 15 is 0 Å². The van der Waals surface area contributed by atoms with Crippen molar-refractivity contribution in [2.24, 2.45) is 7.05 Å². The van der Waals surface area contributed by atoms with E-state index in [9.17, 15) is 8.78 Å². The zero-order valence-corrected chi connectivity index (χ0v) is 19.3. The number of nitrogens with two attached hydrogens (primary N) is 1. The van der Waals surface area contributed by atoms with E-state index in [1.165, 1.54) is 6.20 Å². The largest absolute Gasteiger partial charge is 0.450 e. The highest BCUT2D eigenvalue weighted by Gasteiger charge is 2.21. The first-order valence-electron chi connectivity index (χ1n) is 10.3. The number of hydrogen-bond acceptors (Lipinski definition) is 5. The third-order valence-corrected chi connectivity index (χ3v) is 6.51. The number of ether oxygens (including phenoxy) is 2. The molecule has 0 aliphatic carbocycles. The Morgan fingerprint density at radius 3 is 2.53 bits per heavy atom. The van der Waals surface area contributed by atoms with E-state index in [4.69, 9.17) is 15.2 Å². The van der Waals surface area contributed by atoms with Crippen molar-refractivity contribution < 1.29 is 18.3 Å². The zero-order chi connectivity index (χ0) is 22.8. The van der Waals surface area contributed by atoms with Crippen LogP contribution in [0.5, 0.6) is 11.5 Å². The molecule has 0 aliphatic rings. The summed E-state index contributed by atoms with van der Waals surface area (Å²) in [7, 11) is 1.11. The average Bonchev–Trinajstić information content (AvgIpc) is 3.31. The van der Waals surface area contributed by atoms with Crippen LogP contribution < -0.4 is 10.5 Å². The lowest BCUT2D eigenvalue weighted by atomic mass is 10.1. The highest BCUT2D eigenvalue weighted by atomic mass is 28.3. The van der Waals surface area contributed by atoms with Gasteiger partial charge in [-0.2, -0.15) is 5.10 Å². The van der Waals surface area contributed by atoms with Crippen molar-refractivity contribution in [1.29, 1.82) is 0 Å². The second kappa shape index (κ2) is 9.09. The molecule has 168 valence electrons. The van der Waals surface area contributed by atoms with Gasteiger partial charge in [0.2, 0.25) is 0 Å². The van der Waals surface area contributed by atoms with Gasteiger partial charge in [0.1, 0.15) is 18.1 Å². The highest BCUT2D eigenvalue weighted by molar-refractivity contribution is 6.55. The molecule has 0 bridgehead atoms. The Morgan fingerprint density at radius 1 is 1.12 bits per heavy atom. The van der Waals surface area contributed by atoms with Crippen molar-refractivity contribution in [1.82, 2.24) is 19.3 Å². The van der Waals surface area contributed by atoms with E-state index in [-0.39, 0.29) is 11.4 Å². The number of aromatic nitrogens is 4. The Balaban J connectivity index is 1.80. The maximum Gasteiger partial charge on any atom is 0.198 e. The molecule has 3 aromatic heterocycles. The average molecular weight is 458 g/mol. The van der Waals surface area contributed by atoms with Crippen LogP contribution in [0.25, 0.3) is 22.3 Å². The van der Waals surface area contributed by atoms with E-state index < -0.39 is 26.2 Å². The minimum absolute atomic E-state index is 0.0180. The number of rotatable bonds is 8. The minimum atomic E-state index is -0.879. The Bertz CT molecular complexity index is 1230. The molecule has 0 saturated heterocycles. The molecule has 4 rings (SSSR count). The Hall–Kier alpha value is -3.24. The second-order valence-corrected chi connectivity index (χ2v) is 11.4. The monoisotopic (exact) mass is 457 g/mol. The van der Waals surface area contributed by atoms with Gasteiger partial charge >= 0.3 is 0 Å². The van der Waals surface area contributed by atoms with E-state index in [1.54, 1.807) is 16.9 Å². The summed E-state index contributed by atoms with van der Waals surface area (Å²) in [6.07, 6.45) is 5.11. The van der Waals surface area contributed by atoms with Crippen molar-refractivity contribution in [3.05, 3.63) is 54.5 Å². The summed E-state index contributed by atoms with van der Waals surface area (Å²) in [5.41, 5.74) is 7.66. The summed E-state index contributed by atoms with van der Waals surface area (Å²) in [5, 5.41) is 4.85. The summed E-state index contributed by atoms with van der Waals surface area (Å²) in [5.74, 6) is -2.01. The molecule has 10 heteroatoms. The van der Waals surface area contributed by atoms with Gasteiger partial charge in [0.15, 0.2) is 17.4 Å². The van der Waals surface area contributed by atoms with Crippen LogP contribution in [-0.2, 0) is 18.5 Å². The topological polar surface area (TPSA) is 80.1 Å². The third-order valence-electron chi connectivity index (χ3n) is 5.12. The van der Waals surface area contributed by atoms with Crippen LogP contribution in [0.4, 0.5) is 14.5 Å². The first-order valence-corrected chi connectivity index (χ1v) is 13.4. The molecule has 0 aliphatic heterocycles. The van der Waals surface area contributed by atoms with E-state index in [0.717, 1.165) is 29.4 Å². The molecule has 0 spiro atoms. The number of anilines is 1. The molecule has 2 N–H and O–H groups in total. The number of aryl methyl sites for hydroxylation is 1. The molecular formula is C22H25F2N5O2Si. The summed E-state index contributed by atoms with van der Waals surface area (Å²) < 4.78 is 44.0. The Morgan fingerprint density at radius 2 is 1.88 bits per heavy atom. The van der Waals surface area contributed by atoms with Crippen LogP contribution in [-0.4, -0.2) is 34.7 Å². The van der Waals surface area contributed by atoms with Gasteiger partial charge in [-0.3, -0.25) is 4.68 Å². The number of benzene rings is 1. The van der Waals surface area contributed by atoms with Gasteiger partial charge in [-0.25, -0.2) is 13.8 Å². The van der Waals surface area contributed by atoms with E-state index in [0.29, 0.717) is 24.4 Å². The molecule has 0 amide bonds. The van der Waals surface area contributed by atoms with Crippen LogP contribution in [0.3, 0.4) is 0 Å². The van der Waals surface area contributed by atoms with E-state index in [2.05, 4.69) is 23.2 Å². The SMILES string of the molecule is Cn1nccc1-c1cn(COCC[SiH](C)C)c2nccc(Oc3c(F)cc(N)cc3F)c12. The van der Waals surface area contributed by atoms with Gasteiger partial charge in [0, 0.05) is 64.4 Å². The summed E-state index contributed by atoms with van der Waals surface area (Å²) in [6, 6.07) is 6.55. The molecule has 0 fully saturated rings.